The van der Waals surface area contributed by atoms with E-state index in [0.29, 0.717) is 18.4 Å². The van der Waals surface area contributed by atoms with E-state index in [0.717, 1.165) is 10.8 Å². The van der Waals surface area contributed by atoms with Crippen molar-refractivity contribution in [3.63, 3.8) is 0 Å². The van der Waals surface area contributed by atoms with Crippen molar-refractivity contribution in [1.29, 1.82) is 0 Å². The highest BCUT2D eigenvalue weighted by Gasteiger charge is 2.16. The van der Waals surface area contributed by atoms with Gasteiger partial charge in [0.2, 0.25) is 5.78 Å². The number of methoxy groups -OCH3 is 1. The van der Waals surface area contributed by atoms with Gasteiger partial charge < -0.3 is 14.7 Å². The third-order valence-electron chi connectivity index (χ3n) is 3.57. The summed E-state index contributed by atoms with van der Waals surface area (Å²) < 4.78 is 4.58. The van der Waals surface area contributed by atoms with Crippen molar-refractivity contribution in [2.45, 2.75) is 19.3 Å². The zero-order valence-corrected chi connectivity index (χ0v) is 13.6. The van der Waals surface area contributed by atoms with Gasteiger partial charge in [-0.25, -0.2) is 0 Å². The van der Waals surface area contributed by atoms with Crippen LogP contribution in [0.5, 0.6) is 5.75 Å². The van der Waals surface area contributed by atoms with E-state index in [2.05, 4.69) is 9.89 Å². The minimum Gasteiger partial charge on any atom is -0.508 e. The van der Waals surface area contributed by atoms with Crippen LogP contribution in [0.25, 0.3) is 10.8 Å². The Kier molecular flexibility index (Phi) is 5.89. The number of phenols is 1. The number of ether oxygens (including phenoxy) is 1. The van der Waals surface area contributed by atoms with Crippen LogP contribution < -0.4 is 0 Å². The molecule has 0 unspecified atom stereocenters. The quantitative estimate of drug-likeness (QED) is 0.365. The Morgan fingerprint density at radius 3 is 2.46 bits per heavy atom. The van der Waals surface area contributed by atoms with Crippen LogP contribution in [0.4, 0.5) is 0 Å². The van der Waals surface area contributed by atoms with Crippen LogP contribution in [0.1, 0.15) is 29.6 Å². The van der Waals surface area contributed by atoms with Gasteiger partial charge >= 0.3 is 5.97 Å². The molecule has 2 rings (SSSR count). The number of phenolic OH excluding ortho intramolecular Hbond substituents is 1. The van der Waals surface area contributed by atoms with Crippen molar-refractivity contribution in [3.8, 4) is 5.75 Å². The molecule has 0 atom stereocenters. The van der Waals surface area contributed by atoms with E-state index in [4.69, 9.17) is 4.84 Å². The normalized spacial score (nSPS) is 11.3. The fourth-order valence-electron chi connectivity index (χ4n) is 2.35. The summed E-state index contributed by atoms with van der Waals surface area (Å²) in [5, 5.41) is 15.0. The molecule has 2 aromatic rings. The first-order valence-corrected chi connectivity index (χ1v) is 7.49. The van der Waals surface area contributed by atoms with Crippen molar-refractivity contribution in [3.05, 3.63) is 42.0 Å². The summed E-state index contributed by atoms with van der Waals surface area (Å²) in [5.41, 5.74) is 0.724. The SMILES string of the molecule is CON=C(CCCC(=O)OC)C(=O)c1ccc2cc(O)ccc2c1. The lowest BCUT2D eigenvalue weighted by Crippen LogP contribution is -2.15. The molecule has 0 aliphatic carbocycles. The predicted octanol–water partition coefficient (Wildman–Crippen LogP) is 3.07. The lowest BCUT2D eigenvalue weighted by Gasteiger charge is -2.06. The molecule has 24 heavy (non-hydrogen) atoms. The van der Waals surface area contributed by atoms with Gasteiger partial charge in [0.1, 0.15) is 18.6 Å². The number of carbonyl (C=O) groups is 2. The van der Waals surface area contributed by atoms with Gasteiger partial charge in [0.05, 0.1) is 7.11 Å². The molecule has 0 aliphatic rings. The van der Waals surface area contributed by atoms with E-state index in [1.54, 1.807) is 36.4 Å². The number of benzene rings is 2. The van der Waals surface area contributed by atoms with Crippen LogP contribution in [0.3, 0.4) is 0 Å². The van der Waals surface area contributed by atoms with Gasteiger partial charge in [-0.1, -0.05) is 23.4 Å². The summed E-state index contributed by atoms with van der Waals surface area (Å²) in [7, 11) is 2.70. The second-order valence-corrected chi connectivity index (χ2v) is 5.23. The Bertz CT molecular complexity index is 782. The molecule has 0 spiro atoms. The zero-order chi connectivity index (χ0) is 17.5. The molecule has 0 radical (unpaired) electrons. The number of ketones is 1. The average Bonchev–Trinajstić information content (AvgIpc) is 2.59. The molecule has 0 aromatic heterocycles. The Labute approximate surface area is 139 Å². The van der Waals surface area contributed by atoms with E-state index < -0.39 is 0 Å². The lowest BCUT2D eigenvalue weighted by atomic mass is 9.99. The predicted molar refractivity (Wildman–Crippen MR) is 90.3 cm³/mol. The molecule has 0 saturated carbocycles. The van der Waals surface area contributed by atoms with Gasteiger partial charge in [-0.05, 0) is 41.8 Å². The molecule has 6 heteroatoms. The van der Waals surface area contributed by atoms with E-state index in [1.807, 2.05) is 0 Å². The molecule has 126 valence electrons. The summed E-state index contributed by atoms with van der Waals surface area (Å²) in [6.45, 7) is 0. The number of hydrogen-bond acceptors (Lipinski definition) is 6. The van der Waals surface area contributed by atoms with E-state index in [9.17, 15) is 14.7 Å². The topological polar surface area (TPSA) is 85.2 Å². The molecule has 2 aromatic carbocycles. The maximum Gasteiger partial charge on any atom is 0.305 e. The number of oxime groups is 1. The molecule has 6 nitrogen and oxygen atoms in total. The molecule has 0 amide bonds. The molecular formula is C18H19NO5. The van der Waals surface area contributed by atoms with Gasteiger partial charge in [0.15, 0.2) is 0 Å². The molecule has 0 heterocycles. The van der Waals surface area contributed by atoms with Crippen molar-refractivity contribution < 1.29 is 24.3 Å². The first kappa shape index (κ1) is 17.5. The number of hydrogen-bond donors (Lipinski definition) is 1. The third-order valence-corrected chi connectivity index (χ3v) is 3.57. The molecule has 0 bridgehead atoms. The molecule has 1 N–H and O–H groups in total. The largest absolute Gasteiger partial charge is 0.508 e. The summed E-state index contributed by atoms with van der Waals surface area (Å²) in [4.78, 5) is 28.5. The Hall–Kier alpha value is -2.89. The third kappa shape index (κ3) is 4.32. The van der Waals surface area contributed by atoms with Crippen LogP contribution in [0.2, 0.25) is 0 Å². The van der Waals surface area contributed by atoms with Crippen molar-refractivity contribution >= 4 is 28.2 Å². The summed E-state index contributed by atoms with van der Waals surface area (Å²) >= 11 is 0. The monoisotopic (exact) mass is 329 g/mol. The summed E-state index contributed by atoms with van der Waals surface area (Å²) in [6.07, 6.45) is 0.973. The maximum absolute atomic E-state index is 12.6. The van der Waals surface area contributed by atoms with Gasteiger partial charge in [-0.15, -0.1) is 0 Å². The minimum atomic E-state index is -0.329. The fraction of sp³-hybridized carbons (Fsp3) is 0.278. The fourth-order valence-corrected chi connectivity index (χ4v) is 2.35. The van der Waals surface area contributed by atoms with Gasteiger partial charge in [0, 0.05) is 12.0 Å². The van der Waals surface area contributed by atoms with Crippen molar-refractivity contribution in [2.75, 3.05) is 14.2 Å². The Morgan fingerprint density at radius 1 is 1.04 bits per heavy atom. The number of esters is 1. The number of fused-ring (bicyclic) bond motifs is 1. The number of carbonyl (C=O) groups excluding carboxylic acids is 2. The first-order valence-electron chi connectivity index (χ1n) is 7.49. The Balaban J connectivity index is 2.18. The van der Waals surface area contributed by atoms with Crippen molar-refractivity contribution in [1.82, 2.24) is 0 Å². The second-order valence-electron chi connectivity index (χ2n) is 5.23. The first-order chi connectivity index (χ1) is 11.5. The number of aromatic hydroxyl groups is 1. The van der Waals surface area contributed by atoms with Crippen LogP contribution >= 0.6 is 0 Å². The highest BCUT2D eigenvalue weighted by molar-refractivity contribution is 6.46. The standard InChI is InChI=1S/C18H19NO5/c1-23-17(21)5-3-4-16(19-24-2)18(22)14-7-6-13-11-15(20)9-8-12(13)10-14/h6-11,20H,3-5H2,1-2H3. The second kappa shape index (κ2) is 8.10. The van der Waals surface area contributed by atoms with Crippen LogP contribution in [0, 0.1) is 0 Å². The number of rotatable bonds is 7. The maximum atomic E-state index is 12.6. The van der Waals surface area contributed by atoms with Gasteiger partial charge in [-0.2, -0.15) is 0 Å². The molecule has 0 aliphatic heterocycles. The summed E-state index contributed by atoms with van der Waals surface area (Å²) in [6, 6.07) is 10.1. The van der Waals surface area contributed by atoms with Crippen LogP contribution in [-0.4, -0.2) is 36.8 Å². The smallest absolute Gasteiger partial charge is 0.305 e. The molecule has 0 fully saturated rings. The molecule has 0 saturated heterocycles. The lowest BCUT2D eigenvalue weighted by molar-refractivity contribution is -0.140. The van der Waals surface area contributed by atoms with Gasteiger partial charge in [-0.3, -0.25) is 9.59 Å². The average molecular weight is 329 g/mol. The van der Waals surface area contributed by atoms with Crippen LogP contribution in [-0.2, 0) is 14.4 Å². The number of Topliss-reactive ketones (excluding diaryl/α,β-unsaturated/α-hetero) is 1. The Morgan fingerprint density at radius 2 is 1.75 bits per heavy atom. The molecular weight excluding hydrogens is 310 g/mol. The van der Waals surface area contributed by atoms with Gasteiger partial charge in [0.25, 0.3) is 0 Å². The van der Waals surface area contributed by atoms with Crippen LogP contribution in [0.15, 0.2) is 41.6 Å². The number of nitrogens with zero attached hydrogens (tertiary/aromatic N) is 1. The van der Waals surface area contributed by atoms with E-state index in [1.165, 1.54) is 14.2 Å². The van der Waals surface area contributed by atoms with E-state index >= 15 is 0 Å². The highest BCUT2D eigenvalue weighted by atomic mass is 16.6. The zero-order valence-electron chi connectivity index (χ0n) is 13.6. The van der Waals surface area contributed by atoms with E-state index in [-0.39, 0.29) is 29.6 Å². The summed E-state index contributed by atoms with van der Waals surface area (Å²) in [5.74, 6) is -0.410. The van der Waals surface area contributed by atoms with Crippen molar-refractivity contribution in [2.24, 2.45) is 5.16 Å². The minimum absolute atomic E-state index is 0.172. The highest BCUT2D eigenvalue weighted by Crippen LogP contribution is 2.22.